The maximum atomic E-state index is 13.1. The summed E-state index contributed by atoms with van der Waals surface area (Å²) < 4.78 is 24.3. The molecular formula is C22H25FN2O2S. The van der Waals surface area contributed by atoms with E-state index in [-0.39, 0.29) is 18.0 Å². The molecule has 0 aliphatic carbocycles. The summed E-state index contributed by atoms with van der Waals surface area (Å²) in [4.78, 5) is 4.65. The van der Waals surface area contributed by atoms with Crippen molar-refractivity contribution in [3.8, 4) is 22.1 Å². The SMILES string of the molecule is COc1cc(C(C)NCc2csc(-c3ccc(F)cc3)n2)ccc1OC(C)C. The fourth-order valence-corrected chi connectivity index (χ4v) is 3.62. The number of nitrogens with zero attached hydrogens (tertiary/aromatic N) is 1. The Morgan fingerprint density at radius 1 is 1.07 bits per heavy atom. The first kappa shape index (κ1) is 20.3. The molecule has 1 unspecified atom stereocenters. The van der Waals surface area contributed by atoms with Crippen molar-refractivity contribution in [2.75, 3.05) is 7.11 Å². The molecule has 0 radical (unpaired) electrons. The van der Waals surface area contributed by atoms with Crippen LogP contribution in [0.25, 0.3) is 10.6 Å². The Morgan fingerprint density at radius 2 is 1.82 bits per heavy atom. The highest BCUT2D eigenvalue weighted by Gasteiger charge is 2.12. The normalized spacial score (nSPS) is 12.2. The molecule has 0 aliphatic heterocycles. The Kier molecular flexibility index (Phi) is 6.65. The number of hydrogen-bond donors (Lipinski definition) is 1. The summed E-state index contributed by atoms with van der Waals surface area (Å²) >= 11 is 1.56. The zero-order valence-electron chi connectivity index (χ0n) is 16.5. The lowest BCUT2D eigenvalue weighted by Crippen LogP contribution is -2.18. The van der Waals surface area contributed by atoms with Crippen molar-refractivity contribution in [2.45, 2.75) is 39.5 Å². The Hall–Kier alpha value is -2.44. The lowest BCUT2D eigenvalue weighted by molar-refractivity contribution is 0.230. The molecule has 1 N–H and O–H groups in total. The van der Waals surface area contributed by atoms with E-state index in [1.165, 1.54) is 12.1 Å². The fraction of sp³-hybridized carbons (Fsp3) is 0.318. The second-order valence-electron chi connectivity index (χ2n) is 6.83. The van der Waals surface area contributed by atoms with E-state index in [0.717, 1.165) is 33.3 Å². The average molecular weight is 401 g/mol. The fourth-order valence-electron chi connectivity index (χ4n) is 2.79. The molecule has 0 bridgehead atoms. The van der Waals surface area contributed by atoms with Gasteiger partial charge in [0.1, 0.15) is 10.8 Å². The minimum absolute atomic E-state index is 0.0928. The van der Waals surface area contributed by atoms with Crippen molar-refractivity contribution in [3.63, 3.8) is 0 Å². The van der Waals surface area contributed by atoms with E-state index in [9.17, 15) is 4.39 Å². The van der Waals surface area contributed by atoms with Gasteiger partial charge in [-0.2, -0.15) is 0 Å². The van der Waals surface area contributed by atoms with Gasteiger partial charge in [-0.3, -0.25) is 0 Å². The highest BCUT2D eigenvalue weighted by atomic mass is 32.1. The molecule has 3 aromatic rings. The molecule has 2 aromatic carbocycles. The Bertz CT molecular complexity index is 909. The minimum atomic E-state index is -0.240. The molecule has 4 nitrogen and oxygen atoms in total. The van der Waals surface area contributed by atoms with Crippen LogP contribution in [0.1, 0.15) is 38.1 Å². The lowest BCUT2D eigenvalue weighted by atomic mass is 10.1. The number of thiazole rings is 1. The van der Waals surface area contributed by atoms with Crippen molar-refractivity contribution >= 4 is 11.3 Å². The summed E-state index contributed by atoms with van der Waals surface area (Å²) in [6.07, 6.45) is 0.0928. The van der Waals surface area contributed by atoms with Crippen LogP contribution in [0.3, 0.4) is 0 Å². The third-order valence-electron chi connectivity index (χ3n) is 4.28. The van der Waals surface area contributed by atoms with Crippen LogP contribution in [-0.4, -0.2) is 18.2 Å². The molecule has 1 heterocycles. The summed E-state index contributed by atoms with van der Waals surface area (Å²) in [5, 5.41) is 6.40. The number of ether oxygens (including phenoxy) is 2. The van der Waals surface area contributed by atoms with Crippen LogP contribution in [0.5, 0.6) is 11.5 Å². The van der Waals surface area contributed by atoms with Gasteiger partial charge in [0.15, 0.2) is 11.5 Å². The molecule has 148 valence electrons. The van der Waals surface area contributed by atoms with Gasteiger partial charge in [0, 0.05) is 23.5 Å². The van der Waals surface area contributed by atoms with E-state index in [0.29, 0.717) is 6.54 Å². The van der Waals surface area contributed by atoms with E-state index in [1.54, 1.807) is 30.6 Å². The van der Waals surface area contributed by atoms with Crippen LogP contribution >= 0.6 is 11.3 Å². The minimum Gasteiger partial charge on any atom is -0.493 e. The molecule has 28 heavy (non-hydrogen) atoms. The van der Waals surface area contributed by atoms with E-state index in [2.05, 4.69) is 17.2 Å². The number of hydrogen-bond acceptors (Lipinski definition) is 5. The largest absolute Gasteiger partial charge is 0.493 e. The quantitative estimate of drug-likeness (QED) is 0.535. The molecule has 6 heteroatoms. The van der Waals surface area contributed by atoms with Gasteiger partial charge in [-0.15, -0.1) is 11.3 Å². The number of rotatable bonds is 8. The maximum Gasteiger partial charge on any atom is 0.161 e. The second kappa shape index (κ2) is 9.17. The topological polar surface area (TPSA) is 43.4 Å². The highest BCUT2D eigenvalue weighted by Crippen LogP contribution is 2.31. The number of aromatic nitrogens is 1. The van der Waals surface area contributed by atoms with Crippen LogP contribution in [0.4, 0.5) is 4.39 Å². The average Bonchev–Trinajstić information content (AvgIpc) is 3.15. The standard InChI is InChI=1S/C22H25FN2O2S/c1-14(2)27-20-10-7-17(11-21(20)26-4)15(3)24-12-19-13-28-22(25-19)16-5-8-18(23)9-6-16/h5-11,13-15,24H,12H2,1-4H3. The van der Waals surface area contributed by atoms with Crippen molar-refractivity contribution in [2.24, 2.45) is 0 Å². The number of methoxy groups -OCH3 is 1. The van der Waals surface area contributed by atoms with Crippen LogP contribution < -0.4 is 14.8 Å². The predicted octanol–water partition coefficient (Wildman–Crippen LogP) is 5.60. The molecule has 0 fully saturated rings. The molecule has 1 atom stereocenters. The van der Waals surface area contributed by atoms with Crippen LogP contribution in [-0.2, 0) is 6.54 Å². The Labute approximate surface area is 169 Å². The summed E-state index contributed by atoms with van der Waals surface area (Å²) in [5.74, 6) is 1.24. The van der Waals surface area contributed by atoms with Gasteiger partial charge in [-0.1, -0.05) is 6.07 Å². The van der Waals surface area contributed by atoms with Gasteiger partial charge in [-0.05, 0) is 62.7 Å². The Balaban J connectivity index is 1.64. The second-order valence-corrected chi connectivity index (χ2v) is 7.69. The third kappa shape index (κ3) is 5.09. The molecule has 1 aromatic heterocycles. The van der Waals surface area contributed by atoms with Crippen molar-refractivity contribution in [1.82, 2.24) is 10.3 Å². The van der Waals surface area contributed by atoms with E-state index >= 15 is 0 Å². The van der Waals surface area contributed by atoms with Gasteiger partial charge in [0.05, 0.1) is 18.9 Å². The van der Waals surface area contributed by atoms with Crippen LogP contribution in [0.15, 0.2) is 47.8 Å². The molecule has 0 spiro atoms. The zero-order valence-corrected chi connectivity index (χ0v) is 17.3. The van der Waals surface area contributed by atoms with Crippen molar-refractivity contribution in [3.05, 3.63) is 64.9 Å². The number of benzene rings is 2. The summed E-state index contributed by atoms with van der Waals surface area (Å²) in [5.41, 5.74) is 3.00. The Morgan fingerprint density at radius 3 is 2.50 bits per heavy atom. The molecule has 3 rings (SSSR count). The third-order valence-corrected chi connectivity index (χ3v) is 5.22. The summed E-state index contributed by atoms with van der Waals surface area (Å²) in [7, 11) is 1.65. The van der Waals surface area contributed by atoms with Crippen molar-refractivity contribution < 1.29 is 13.9 Å². The first-order chi connectivity index (χ1) is 13.5. The first-order valence-corrected chi connectivity index (χ1v) is 10.1. The van der Waals surface area contributed by atoms with Crippen LogP contribution in [0, 0.1) is 5.82 Å². The van der Waals surface area contributed by atoms with E-state index in [1.807, 2.05) is 37.4 Å². The van der Waals surface area contributed by atoms with Gasteiger partial charge in [0.25, 0.3) is 0 Å². The summed E-state index contributed by atoms with van der Waals surface area (Å²) in [6.45, 7) is 6.73. The van der Waals surface area contributed by atoms with Gasteiger partial charge in [-0.25, -0.2) is 9.37 Å². The summed E-state index contributed by atoms with van der Waals surface area (Å²) in [6, 6.07) is 12.5. The molecular weight excluding hydrogens is 375 g/mol. The number of nitrogens with one attached hydrogen (secondary N) is 1. The molecule has 0 aliphatic rings. The van der Waals surface area contributed by atoms with Crippen LogP contribution in [0.2, 0.25) is 0 Å². The monoisotopic (exact) mass is 400 g/mol. The predicted molar refractivity (Wildman–Crippen MR) is 112 cm³/mol. The van der Waals surface area contributed by atoms with E-state index < -0.39 is 0 Å². The maximum absolute atomic E-state index is 13.1. The molecule has 0 saturated carbocycles. The van der Waals surface area contributed by atoms with Gasteiger partial charge < -0.3 is 14.8 Å². The van der Waals surface area contributed by atoms with Crippen molar-refractivity contribution in [1.29, 1.82) is 0 Å². The number of halogens is 1. The molecule has 0 amide bonds. The van der Waals surface area contributed by atoms with Gasteiger partial charge in [0.2, 0.25) is 0 Å². The van der Waals surface area contributed by atoms with E-state index in [4.69, 9.17) is 9.47 Å². The first-order valence-electron chi connectivity index (χ1n) is 9.24. The lowest BCUT2D eigenvalue weighted by Gasteiger charge is -2.18. The molecule has 0 saturated heterocycles. The highest BCUT2D eigenvalue weighted by molar-refractivity contribution is 7.13. The smallest absolute Gasteiger partial charge is 0.161 e. The zero-order chi connectivity index (χ0) is 20.1. The van der Waals surface area contributed by atoms with Gasteiger partial charge >= 0.3 is 0 Å².